The highest BCUT2D eigenvalue weighted by molar-refractivity contribution is 7.99. The minimum Gasteiger partial charge on any atom is -0.423 e. The molecule has 0 aliphatic rings. The molecule has 0 unspecified atom stereocenters. The van der Waals surface area contributed by atoms with Crippen molar-refractivity contribution < 1.29 is 4.42 Å². The second kappa shape index (κ2) is 4.79. The second-order valence-electron chi connectivity index (χ2n) is 4.59. The Morgan fingerprint density at radius 2 is 1.86 bits per heavy atom. The first kappa shape index (κ1) is 12.2. The molecule has 21 heavy (non-hydrogen) atoms. The normalized spacial score (nSPS) is 11.2. The molecule has 2 heterocycles. The van der Waals surface area contributed by atoms with E-state index in [0.29, 0.717) is 5.58 Å². The molecular formula is C16H10N2O2S. The van der Waals surface area contributed by atoms with E-state index in [2.05, 4.69) is 9.97 Å². The van der Waals surface area contributed by atoms with Crippen LogP contribution in [-0.2, 0) is 0 Å². The molecule has 2 aromatic carbocycles. The summed E-state index contributed by atoms with van der Waals surface area (Å²) in [6, 6.07) is 16.8. The molecular weight excluding hydrogens is 284 g/mol. The second-order valence-corrected chi connectivity index (χ2v) is 5.62. The first-order chi connectivity index (χ1) is 10.3. The van der Waals surface area contributed by atoms with E-state index in [1.165, 1.54) is 17.8 Å². The number of aromatic amines is 1. The third-order valence-electron chi connectivity index (χ3n) is 3.19. The smallest absolute Gasteiger partial charge is 0.337 e. The lowest BCUT2D eigenvalue weighted by atomic mass is 10.2. The lowest BCUT2D eigenvalue weighted by Gasteiger charge is -2.02. The largest absolute Gasteiger partial charge is 0.423 e. The molecule has 5 heteroatoms. The van der Waals surface area contributed by atoms with E-state index in [-0.39, 0.29) is 5.63 Å². The quantitative estimate of drug-likeness (QED) is 0.571. The summed E-state index contributed by atoms with van der Waals surface area (Å²) in [7, 11) is 0. The molecule has 0 fully saturated rings. The number of nitrogens with one attached hydrogen (secondary N) is 1. The van der Waals surface area contributed by atoms with Gasteiger partial charge in [-0.25, -0.2) is 9.78 Å². The fourth-order valence-electron chi connectivity index (χ4n) is 2.25. The molecule has 4 rings (SSSR count). The molecule has 4 aromatic rings. The molecule has 0 radical (unpaired) electrons. The van der Waals surface area contributed by atoms with Crippen LogP contribution >= 0.6 is 11.8 Å². The summed E-state index contributed by atoms with van der Waals surface area (Å²) in [5.74, 6) is 0. The Morgan fingerprint density at radius 1 is 1.05 bits per heavy atom. The van der Waals surface area contributed by atoms with Crippen molar-refractivity contribution in [2.24, 2.45) is 0 Å². The van der Waals surface area contributed by atoms with Gasteiger partial charge in [0.15, 0.2) is 5.16 Å². The maximum atomic E-state index is 11.7. The Kier molecular flexibility index (Phi) is 2.79. The van der Waals surface area contributed by atoms with Gasteiger partial charge in [-0.3, -0.25) is 0 Å². The summed E-state index contributed by atoms with van der Waals surface area (Å²) < 4.78 is 5.20. The van der Waals surface area contributed by atoms with E-state index < -0.39 is 0 Å². The van der Waals surface area contributed by atoms with Crippen LogP contribution in [0, 0.1) is 0 Å². The number of H-pyrrole nitrogens is 1. The van der Waals surface area contributed by atoms with Crippen LogP contribution in [0.1, 0.15) is 0 Å². The van der Waals surface area contributed by atoms with Gasteiger partial charge in [-0.1, -0.05) is 42.1 Å². The highest BCUT2D eigenvalue weighted by Gasteiger charge is 2.09. The third-order valence-corrected chi connectivity index (χ3v) is 4.13. The number of fused-ring (bicyclic) bond motifs is 2. The maximum Gasteiger partial charge on any atom is 0.337 e. The van der Waals surface area contributed by atoms with Gasteiger partial charge in [0.1, 0.15) is 5.58 Å². The summed E-state index contributed by atoms with van der Waals surface area (Å²) in [6.45, 7) is 0. The van der Waals surface area contributed by atoms with Crippen molar-refractivity contribution in [2.75, 3.05) is 0 Å². The fourth-order valence-corrected chi connectivity index (χ4v) is 3.20. The molecule has 0 bridgehead atoms. The average molecular weight is 294 g/mol. The molecule has 0 atom stereocenters. The van der Waals surface area contributed by atoms with Crippen LogP contribution in [0.4, 0.5) is 0 Å². The van der Waals surface area contributed by atoms with Crippen LogP contribution in [0.2, 0.25) is 0 Å². The molecule has 0 aliphatic carbocycles. The van der Waals surface area contributed by atoms with Crippen molar-refractivity contribution >= 4 is 33.8 Å². The van der Waals surface area contributed by atoms with Crippen LogP contribution in [0.15, 0.2) is 73.9 Å². The maximum absolute atomic E-state index is 11.7. The number of para-hydroxylation sites is 3. The molecule has 4 nitrogen and oxygen atoms in total. The Hall–Kier alpha value is -2.53. The number of aromatic nitrogens is 2. The molecule has 2 aromatic heterocycles. The van der Waals surface area contributed by atoms with E-state index in [4.69, 9.17) is 4.42 Å². The number of imidazole rings is 1. The van der Waals surface area contributed by atoms with Crippen LogP contribution < -0.4 is 5.63 Å². The van der Waals surface area contributed by atoms with Gasteiger partial charge in [0, 0.05) is 16.3 Å². The van der Waals surface area contributed by atoms with E-state index in [1.54, 1.807) is 6.07 Å². The zero-order chi connectivity index (χ0) is 14.2. The van der Waals surface area contributed by atoms with Crippen LogP contribution in [0.3, 0.4) is 0 Å². The monoisotopic (exact) mass is 294 g/mol. The summed E-state index contributed by atoms with van der Waals surface area (Å²) in [4.78, 5) is 20.3. The predicted molar refractivity (Wildman–Crippen MR) is 82.7 cm³/mol. The van der Waals surface area contributed by atoms with Crippen molar-refractivity contribution in [3.8, 4) is 0 Å². The van der Waals surface area contributed by atoms with Crippen molar-refractivity contribution in [3.05, 3.63) is 65.0 Å². The first-order valence-electron chi connectivity index (χ1n) is 6.45. The number of benzene rings is 2. The lowest BCUT2D eigenvalue weighted by Crippen LogP contribution is -1.97. The molecule has 1 N–H and O–H groups in total. The zero-order valence-corrected chi connectivity index (χ0v) is 11.7. The molecule has 0 amide bonds. The summed E-state index contributed by atoms with van der Waals surface area (Å²) >= 11 is 1.43. The number of hydrogen-bond acceptors (Lipinski definition) is 4. The van der Waals surface area contributed by atoms with Crippen LogP contribution in [0.25, 0.3) is 22.0 Å². The molecule has 0 aliphatic heterocycles. The molecule has 0 saturated carbocycles. The Morgan fingerprint density at radius 3 is 2.76 bits per heavy atom. The minimum atomic E-state index is -0.354. The summed E-state index contributed by atoms with van der Waals surface area (Å²) in [5.41, 5.74) is 2.12. The number of rotatable bonds is 2. The van der Waals surface area contributed by atoms with Crippen molar-refractivity contribution in [3.63, 3.8) is 0 Å². The van der Waals surface area contributed by atoms with E-state index in [0.717, 1.165) is 26.5 Å². The van der Waals surface area contributed by atoms with Gasteiger partial charge in [0.05, 0.1) is 11.0 Å². The highest BCUT2D eigenvalue weighted by atomic mass is 32.2. The van der Waals surface area contributed by atoms with Gasteiger partial charge in [0.25, 0.3) is 0 Å². The fraction of sp³-hybridized carbons (Fsp3) is 0. The topological polar surface area (TPSA) is 58.9 Å². The van der Waals surface area contributed by atoms with Gasteiger partial charge < -0.3 is 9.40 Å². The van der Waals surface area contributed by atoms with Gasteiger partial charge in [-0.2, -0.15) is 0 Å². The van der Waals surface area contributed by atoms with E-state index in [9.17, 15) is 4.79 Å². The minimum absolute atomic E-state index is 0.354. The van der Waals surface area contributed by atoms with Gasteiger partial charge in [-0.15, -0.1) is 0 Å². The van der Waals surface area contributed by atoms with Gasteiger partial charge in [-0.05, 0) is 18.2 Å². The van der Waals surface area contributed by atoms with Crippen molar-refractivity contribution in [2.45, 2.75) is 10.1 Å². The number of nitrogens with zero attached hydrogens (tertiary/aromatic N) is 1. The van der Waals surface area contributed by atoms with Crippen molar-refractivity contribution in [1.82, 2.24) is 9.97 Å². The van der Waals surface area contributed by atoms with E-state index in [1.807, 2.05) is 42.5 Å². The van der Waals surface area contributed by atoms with Gasteiger partial charge in [0.2, 0.25) is 0 Å². The lowest BCUT2D eigenvalue weighted by molar-refractivity contribution is 0.557. The Bertz CT molecular complexity index is 971. The Labute approximate surface area is 123 Å². The number of hydrogen-bond donors (Lipinski definition) is 1. The van der Waals surface area contributed by atoms with Crippen LogP contribution in [-0.4, -0.2) is 9.97 Å². The SMILES string of the molecule is O=c1cc(Sc2nc3ccccc3[nH]2)c2ccccc2o1. The highest BCUT2D eigenvalue weighted by Crippen LogP contribution is 2.31. The standard InChI is InChI=1S/C16H10N2O2S/c19-15-9-14(10-5-1-4-8-13(10)20-15)21-16-17-11-6-2-3-7-12(11)18-16/h1-9H,(H,17,18). The van der Waals surface area contributed by atoms with Crippen molar-refractivity contribution in [1.29, 1.82) is 0 Å². The predicted octanol–water partition coefficient (Wildman–Crippen LogP) is 3.82. The van der Waals surface area contributed by atoms with Crippen LogP contribution in [0.5, 0.6) is 0 Å². The average Bonchev–Trinajstić information content (AvgIpc) is 2.89. The first-order valence-corrected chi connectivity index (χ1v) is 7.27. The molecule has 0 spiro atoms. The summed E-state index contributed by atoms with van der Waals surface area (Å²) in [5, 5.41) is 1.66. The zero-order valence-electron chi connectivity index (χ0n) is 10.9. The molecule has 0 saturated heterocycles. The Balaban J connectivity index is 1.85. The van der Waals surface area contributed by atoms with Gasteiger partial charge >= 0.3 is 5.63 Å². The summed E-state index contributed by atoms with van der Waals surface area (Å²) in [6.07, 6.45) is 0. The van der Waals surface area contributed by atoms with E-state index >= 15 is 0 Å². The third kappa shape index (κ3) is 2.21. The molecule has 102 valence electrons.